The summed E-state index contributed by atoms with van der Waals surface area (Å²) >= 11 is 0. The topological polar surface area (TPSA) is 47.9 Å². The minimum atomic E-state index is 0.180. The van der Waals surface area contributed by atoms with E-state index in [-0.39, 0.29) is 5.75 Å². The maximum absolute atomic E-state index is 10.1. The number of hydrogen-bond donors (Lipinski definition) is 1. The molecule has 1 N–H and O–H groups in total. The highest BCUT2D eigenvalue weighted by molar-refractivity contribution is 5.74. The van der Waals surface area contributed by atoms with Crippen molar-refractivity contribution in [2.45, 2.75) is 40.0 Å². The lowest BCUT2D eigenvalue weighted by Gasteiger charge is -2.12. The van der Waals surface area contributed by atoms with Crippen LogP contribution in [0.15, 0.2) is 42.0 Å². The number of aromatic hydroxyl groups is 1. The molecule has 0 aliphatic rings. The molecule has 0 unspecified atom stereocenters. The van der Waals surface area contributed by atoms with Gasteiger partial charge in [0.25, 0.3) is 0 Å². The van der Waals surface area contributed by atoms with Gasteiger partial charge < -0.3 is 19.3 Å². The Morgan fingerprint density at radius 2 is 1.72 bits per heavy atom. The lowest BCUT2D eigenvalue weighted by Crippen LogP contribution is -1.98. The van der Waals surface area contributed by atoms with Crippen LogP contribution in [0.3, 0.4) is 0 Å². The van der Waals surface area contributed by atoms with Crippen molar-refractivity contribution in [2.75, 3.05) is 20.8 Å². The van der Waals surface area contributed by atoms with E-state index >= 15 is 0 Å². The minimum Gasteiger partial charge on any atom is -0.508 e. The van der Waals surface area contributed by atoms with E-state index in [1.165, 1.54) is 5.57 Å². The zero-order valence-electron chi connectivity index (χ0n) is 18.1. The third kappa shape index (κ3) is 6.60. The first-order valence-corrected chi connectivity index (χ1v) is 10.0. The van der Waals surface area contributed by atoms with Gasteiger partial charge >= 0.3 is 0 Å². The van der Waals surface area contributed by atoms with Gasteiger partial charge in [0.1, 0.15) is 11.5 Å². The van der Waals surface area contributed by atoms with E-state index in [1.54, 1.807) is 26.4 Å². The zero-order chi connectivity index (χ0) is 21.2. The molecule has 156 valence electrons. The fourth-order valence-corrected chi connectivity index (χ4v) is 2.93. The lowest BCUT2D eigenvalue weighted by atomic mass is 10.00. The minimum absolute atomic E-state index is 0.180. The normalized spacial score (nSPS) is 10.8. The van der Waals surface area contributed by atoms with Crippen LogP contribution in [0.5, 0.6) is 23.0 Å². The van der Waals surface area contributed by atoms with Crippen molar-refractivity contribution >= 4 is 12.2 Å². The average molecular weight is 397 g/mol. The summed E-state index contributed by atoms with van der Waals surface area (Å²) in [5.41, 5.74) is 4.18. The van der Waals surface area contributed by atoms with E-state index < -0.39 is 0 Å². The van der Waals surface area contributed by atoms with Gasteiger partial charge in [-0.05, 0) is 56.0 Å². The average Bonchev–Trinajstić information content (AvgIpc) is 2.71. The van der Waals surface area contributed by atoms with Gasteiger partial charge in [-0.2, -0.15) is 0 Å². The Hall–Kier alpha value is -2.88. The van der Waals surface area contributed by atoms with E-state index in [2.05, 4.69) is 26.8 Å². The Bertz CT molecular complexity index is 861. The second-order valence-electron chi connectivity index (χ2n) is 7.15. The van der Waals surface area contributed by atoms with Crippen molar-refractivity contribution in [1.82, 2.24) is 0 Å². The van der Waals surface area contributed by atoms with Crippen LogP contribution in [0.2, 0.25) is 0 Å². The number of hydrogen-bond acceptors (Lipinski definition) is 4. The van der Waals surface area contributed by atoms with Crippen LogP contribution >= 0.6 is 0 Å². The fourth-order valence-electron chi connectivity index (χ4n) is 2.93. The molecule has 2 rings (SSSR count). The molecule has 0 aliphatic heterocycles. The van der Waals surface area contributed by atoms with Crippen LogP contribution < -0.4 is 14.2 Å². The summed E-state index contributed by atoms with van der Waals surface area (Å²) in [7, 11) is 3.27. The first-order chi connectivity index (χ1) is 14.0. The predicted molar refractivity (Wildman–Crippen MR) is 120 cm³/mol. The quantitative estimate of drug-likeness (QED) is 0.292. The molecule has 29 heavy (non-hydrogen) atoms. The summed E-state index contributed by atoms with van der Waals surface area (Å²) < 4.78 is 16.8. The van der Waals surface area contributed by atoms with Crippen LogP contribution in [-0.4, -0.2) is 25.9 Å². The monoisotopic (exact) mass is 396 g/mol. The Labute approximate surface area is 174 Å². The fraction of sp³-hybridized carbons (Fsp3) is 0.360. The van der Waals surface area contributed by atoms with Crippen molar-refractivity contribution in [3.05, 3.63) is 58.7 Å². The zero-order valence-corrected chi connectivity index (χ0v) is 18.1. The molecule has 0 fully saturated rings. The van der Waals surface area contributed by atoms with Gasteiger partial charge in [0.15, 0.2) is 11.5 Å². The SMILES string of the molecule is CCCCOc1ccc(/C=C/c2cc(O)cc(OC)c2CC=C(C)C)cc1OC. The van der Waals surface area contributed by atoms with E-state index in [9.17, 15) is 5.11 Å². The smallest absolute Gasteiger partial charge is 0.161 e. The van der Waals surface area contributed by atoms with Gasteiger partial charge in [-0.3, -0.25) is 0 Å². The molecule has 0 radical (unpaired) electrons. The Morgan fingerprint density at radius 3 is 2.38 bits per heavy atom. The van der Waals surface area contributed by atoms with E-state index in [0.717, 1.165) is 41.7 Å². The van der Waals surface area contributed by atoms with E-state index in [1.807, 2.05) is 30.4 Å². The molecule has 0 spiro atoms. The van der Waals surface area contributed by atoms with Gasteiger partial charge in [-0.1, -0.05) is 43.2 Å². The summed E-state index contributed by atoms with van der Waals surface area (Å²) in [6, 6.07) is 9.29. The van der Waals surface area contributed by atoms with Crippen LogP contribution in [0.1, 0.15) is 50.3 Å². The summed E-state index contributed by atoms with van der Waals surface area (Å²) in [4.78, 5) is 0. The number of methoxy groups -OCH3 is 2. The predicted octanol–water partition coefficient (Wildman–Crippen LogP) is 6.27. The van der Waals surface area contributed by atoms with Gasteiger partial charge in [0.05, 0.1) is 20.8 Å². The maximum atomic E-state index is 10.1. The van der Waals surface area contributed by atoms with Gasteiger partial charge in [-0.15, -0.1) is 0 Å². The molecular weight excluding hydrogens is 364 g/mol. The molecule has 0 atom stereocenters. The van der Waals surface area contributed by atoms with Crippen LogP contribution in [0.4, 0.5) is 0 Å². The van der Waals surface area contributed by atoms with E-state index in [4.69, 9.17) is 14.2 Å². The molecule has 0 saturated carbocycles. The number of benzene rings is 2. The highest BCUT2D eigenvalue weighted by atomic mass is 16.5. The third-order valence-electron chi connectivity index (χ3n) is 4.56. The Morgan fingerprint density at radius 1 is 0.966 bits per heavy atom. The summed E-state index contributed by atoms with van der Waals surface area (Å²) in [5, 5.41) is 10.1. The highest BCUT2D eigenvalue weighted by Crippen LogP contribution is 2.32. The number of ether oxygens (including phenoxy) is 3. The molecule has 0 heterocycles. The first-order valence-electron chi connectivity index (χ1n) is 10.0. The summed E-state index contributed by atoms with van der Waals surface area (Å²) in [6.07, 6.45) is 8.97. The summed E-state index contributed by atoms with van der Waals surface area (Å²) in [6.45, 7) is 6.95. The number of phenolic OH excluding ortho intramolecular Hbond substituents is 1. The van der Waals surface area contributed by atoms with Crippen molar-refractivity contribution in [2.24, 2.45) is 0 Å². The number of allylic oxidation sites excluding steroid dienone is 2. The van der Waals surface area contributed by atoms with Gasteiger partial charge in [0.2, 0.25) is 0 Å². The Kier molecular flexibility index (Phi) is 8.66. The molecule has 2 aromatic carbocycles. The number of phenols is 1. The molecule has 0 bridgehead atoms. The van der Waals surface area contributed by atoms with Gasteiger partial charge in [-0.25, -0.2) is 0 Å². The molecule has 0 saturated heterocycles. The maximum Gasteiger partial charge on any atom is 0.161 e. The van der Waals surface area contributed by atoms with Crippen LogP contribution in [0, 0.1) is 0 Å². The van der Waals surface area contributed by atoms with Crippen molar-refractivity contribution in [3.63, 3.8) is 0 Å². The molecule has 2 aromatic rings. The van der Waals surface area contributed by atoms with Crippen molar-refractivity contribution in [3.8, 4) is 23.0 Å². The first kappa shape index (κ1) is 22.4. The molecule has 0 amide bonds. The van der Waals surface area contributed by atoms with Crippen LogP contribution in [-0.2, 0) is 6.42 Å². The van der Waals surface area contributed by atoms with E-state index in [0.29, 0.717) is 18.1 Å². The number of rotatable bonds is 10. The summed E-state index contributed by atoms with van der Waals surface area (Å²) in [5.74, 6) is 2.32. The van der Waals surface area contributed by atoms with Crippen LogP contribution in [0.25, 0.3) is 12.2 Å². The molecular formula is C25H32O4. The van der Waals surface area contributed by atoms with Crippen molar-refractivity contribution in [1.29, 1.82) is 0 Å². The Balaban J connectivity index is 2.32. The number of unbranched alkanes of at least 4 members (excludes halogenated alkanes) is 1. The molecule has 0 aromatic heterocycles. The van der Waals surface area contributed by atoms with Crippen molar-refractivity contribution < 1.29 is 19.3 Å². The largest absolute Gasteiger partial charge is 0.508 e. The molecule has 0 aliphatic carbocycles. The second-order valence-corrected chi connectivity index (χ2v) is 7.15. The van der Waals surface area contributed by atoms with Gasteiger partial charge in [0, 0.05) is 11.6 Å². The molecule has 4 heteroatoms. The standard InChI is InChI=1S/C25H32O4/c1-6-7-14-29-23-13-10-19(15-25(23)28-5)9-11-20-16-21(26)17-24(27-4)22(20)12-8-18(2)3/h8-11,13,15-17,26H,6-7,12,14H2,1-5H3/b11-9+. The second kappa shape index (κ2) is 11.2. The third-order valence-corrected chi connectivity index (χ3v) is 4.56. The highest BCUT2D eigenvalue weighted by Gasteiger charge is 2.10. The molecule has 4 nitrogen and oxygen atoms in total. The lowest BCUT2D eigenvalue weighted by molar-refractivity contribution is 0.288.